The van der Waals surface area contributed by atoms with Gasteiger partial charge in [-0.25, -0.2) is 0 Å². The quantitative estimate of drug-likeness (QED) is 0.192. The maximum absolute atomic E-state index is 9.26. The molecule has 0 spiro atoms. The Morgan fingerprint density at radius 3 is 2.76 bits per heavy atom. The molecule has 0 bridgehead atoms. The van der Waals surface area contributed by atoms with Crippen LogP contribution in [-0.2, 0) is 14.2 Å². The normalized spacial score (nSPS) is 19.7. The Labute approximate surface area is 100 Å². The monoisotopic (exact) mass is 245 g/mol. The molecule has 0 aromatic heterocycles. The van der Waals surface area contributed by atoms with Gasteiger partial charge in [0.1, 0.15) is 6.10 Å². The summed E-state index contributed by atoms with van der Waals surface area (Å²) in [4.78, 5) is 2.56. The van der Waals surface area contributed by atoms with Crippen LogP contribution in [0.3, 0.4) is 0 Å². The molecule has 7 nitrogen and oxygen atoms in total. The van der Waals surface area contributed by atoms with Crippen molar-refractivity contribution in [2.24, 2.45) is 5.11 Å². The summed E-state index contributed by atoms with van der Waals surface area (Å²) < 4.78 is 15.6. The maximum Gasteiger partial charge on any atom is 0.104 e. The van der Waals surface area contributed by atoms with Crippen LogP contribution in [0.1, 0.15) is 12.8 Å². The number of aliphatic hydroxyl groups is 1. The van der Waals surface area contributed by atoms with Gasteiger partial charge in [-0.3, -0.25) is 0 Å². The second-order valence-corrected chi connectivity index (χ2v) is 3.88. The van der Waals surface area contributed by atoms with Gasteiger partial charge in [-0.05, 0) is 18.4 Å². The largest absolute Gasteiger partial charge is 0.391 e. The number of nitrogens with zero attached hydrogens (tertiary/aromatic N) is 3. The lowest BCUT2D eigenvalue weighted by Crippen LogP contribution is -2.18. The highest BCUT2D eigenvalue weighted by Crippen LogP contribution is 2.08. The lowest BCUT2D eigenvalue weighted by atomic mass is 10.3. The topological polar surface area (TPSA) is 100.0 Å². The van der Waals surface area contributed by atoms with E-state index < -0.39 is 6.10 Å². The molecule has 1 saturated heterocycles. The van der Waals surface area contributed by atoms with Crippen molar-refractivity contribution in [1.29, 1.82) is 0 Å². The number of hydrogen-bond acceptors (Lipinski definition) is 5. The van der Waals surface area contributed by atoms with Gasteiger partial charge in [-0.2, -0.15) is 0 Å². The van der Waals surface area contributed by atoms with Gasteiger partial charge in [0.25, 0.3) is 0 Å². The molecule has 98 valence electrons. The Kier molecular flexibility index (Phi) is 7.70. The highest BCUT2D eigenvalue weighted by atomic mass is 16.6. The zero-order valence-electron chi connectivity index (χ0n) is 9.83. The first-order valence-corrected chi connectivity index (χ1v) is 5.79. The highest BCUT2D eigenvalue weighted by molar-refractivity contribution is 4.67. The predicted molar refractivity (Wildman–Crippen MR) is 60.6 cm³/mol. The van der Waals surface area contributed by atoms with Crippen LogP contribution >= 0.6 is 0 Å². The fourth-order valence-electron chi connectivity index (χ4n) is 1.19. The molecule has 1 fully saturated rings. The van der Waals surface area contributed by atoms with Crippen LogP contribution in [0.2, 0.25) is 0 Å². The van der Waals surface area contributed by atoms with Crippen molar-refractivity contribution in [2.75, 3.05) is 39.6 Å². The second-order valence-electron chi connectivity index (χ2n) is 3.88. The van der Waals surface area contributed by atoms with Crippen molar-refractivity contribution in [2.45, 2.75) is 25.0 Å². The van der Waals surface area contributed by atoms with Crippen molar-refractivity contribution in [3.05, 3.63) is 10.4 Å². The van der Waals surface area contributed by atoms with E-state index >= 15 is 0 Å². The maximum atomic E-state index is 9.26. The van der Waals surface area contributed by atoms with Gasteiger partial charge < -0.3 is 19.3 Å². The van der Waals surface area contributed by atoms with Crippen molar-refractivity contribution >= 4 is 0 Å². The minimum Gasteiger partial charge on any atom is -0.391 e. The molecule has 1 heterocycles. The first-order valence-electron chi connectivity index (χ1n) is 5.79. The van der Waals surface area contributed by atoms with Gasteiger partial charge in [0.05, 0.1) is 32.5 Å². The van der Waals surface area contributed by atoms with Crippen molar-refractivity contribution in [3.8, 4) is 0 Å². The first kappa shape index (κ1) is 14.2. The third-order valence-corrected chi connectivity index (χ3v) is 2.20. The van der Waals surface area contributed by atoms with Crippen LogP contribution in [0, 0.1) is 0 Å². The molecule has 1 N–H and O–H groups in total. The number of unbranched alkanes of at least 4 members (excludes halogenated alkanes) is 1. The van der Waals surface area contributed by atoms with Gasteiger partial charge in [0, 0.05) is 18.1 Å². The number of ether oxygens (including phenoxy) is 3. The summed E-state index contributed by atoms with van der Waals surface area (Å²) in [5.74, 6) is 0. The molecule has 1 rings (SSSR count). The molecular formula is C10H19N3O4. The van der Waals surface area contributed by atoms with Crippen LogP contribution in [-0.4, -0.2) is 56.9 Å². The van der Waals surface area contributed by atoms with Gasteiger partial charge >= 0.3 is 0 Å². The molecule has 7 heteroatoms. The third-order valence-electron chi connectivity index (χ3n) is 2.20. The number of epoxide rings is 1. The van der Waals surface area contributed by atoms with Crippen LogP contribution < -0.4 is 0 Å². The zero-order valence-corrected chi connectivity index (χ0v) is 9.83. The van der Waals surface area contributed by atoms with E-state index in [1.54, 1.807) is 0 Å². The Hall–Kier alpha value is -0.850. The summed E-state index contributed by atoms with van der Waals surface area (Å²) in [5, 5.41) is 12.5. The van der Waals surface area contributed by atoms with E-state index in [0.29, 0.717) is 25.9 Å². The number of aliphatic hydroxyl groups excluding tert-OH is 1. The molecule has 0 aromatic carbocycles. The summed E-state index contributed by atoms with van der Waals surface area (Å²) in [6, 6.07) is 0. The molecule has 0 aromatic rings. The van der Waals surface area contributed by atoms with Gasteiger partial charge in [-0.1, -0.05) is 5.11 Å². The minimum absolute atomic E-state index is 0.0565. The molecule has 1 aliphatic heterocycles. The van der Waals surface area contributed by atoms with Crippen LogP contribution in [0.25, 0.3) is 10.4 Å². The number of hydrogen-bond donors (Lipinski definition) is 1. The summed E-state index contributed by atoms with van der Waals surface area (Å²) in [5.41, 5.74) is 8.03. The molecule has 0 saturated carbocycles. The van der Waals surface area contributed by atoms with E-state index in [9.17, 15) is 5.11 Å². The first-order chi connectivity index (χ1) is 8.33. The van der Waals surface area contributed by atoms with E-state index in [-0.39, 0.29) is 13.2 Å². The van der Waals surface area contributed by atoms with Gasteiger partial charge in [-0.15, -0.1) is 0 Å². The molecule has 0 amide bonds. The Balaban J connectivity index is 1.75. The highest BCUT2D eigenvalue weighted by Gasteiger charge is 2.21. The number of rotatable bonds is 11. The van der Waals surface area contributed by atoms with E-state index in [4.69, 9.17) is 19.7 Å². The Morgan fingerprint density at radius 2 is 2.12 bits per heavy atom. The van der Waals surface area contributed by atoms with E-state index in [1.807, 2.05) is 0 Å². The van der Waals surface area contributed by atoms with Crippen molar-refractivity contribution in [3.63, 3.8) is 0 Å². The van der Waals surface area contributed by atoms with Crippen LogP contribution in [0.4, 0.5) is 0 Å². The molecular weight excluding hydrogens is 226 g/mol. The average molecular weight is 245 g/mol. The Morgan fingerprint density at radius 1 is 1.41 bits per heavy atom. The van der Waals surface area contributed by atoms with Crippen molar-refractivity contribution in [1.82, 2.24) is 0 Å². The van der Waals surface area contributed by atoms with E-state index in [1.165, 1.54) is 0 Å². The van der Waals surface area contributed by atoms with Crippen LogP contribution in [0.15, 0.2) is 5.11 Å². The Bertz CT molecular complexity index is 242. The third kappa shape index (κ3) is 8.91. The van der Waals surface area contributed by atoms with E-state index in [2.05, 4.69) is 10.0 Å². The average Bonchev–Trinajstić information content (AvgIpc) is 3.14. The van der Waals surface area contributed by atoms with Gasteiger partial charge in [0.15, 0.2) is 0 Å². The second kappa shape index (κ2) is 9.21. The molecule has 2 unspecified atom stereocenters. The lowest BCUT2D eigenvalue weighted by Gasteiger charge is -2.08. The molecule has 0 aliphatic carbocycles. The molecule has 0 radical (unpaired) electrons. The SMILES string of the molecule is [N-]=[N+]=NCC(O)COCCCCOCC1CO1. The zero-order chi connectivity index (χ0) is 12.3. The summed E-state index contributed by atoms with van der Waals surface area (Å²) in [7, 11) is 0. The fraction of sp³-hybridized carbons (Fsp3) is 1.00. The van der Waals surface area contributed by atoms with Crippen LogP contribution in [0.5, 0.6) is 0 Å². The fourth-order valence-corrected chi connectivity index (χ4v) is 1.19. The van der Waals surface area contributed by atoms with Crippen molar-refractivity contribution < 1.29 is 19.3 Å². The van der Waals surface area contributed by atoms with E-state index in [0.717, 1.165) is 19.4 Å². The van der Waals surface area contributed by atoms with Gasteiger partial charge in [0.2, 0.25) is 0 Å². The smallest absolute Gasteiger partial charge is 0.104 e. The number of azide groups is 1. The predicted octanol–water partition coefficient (Wildman–Crippen LogP) is 0.870. The summed E-state index contributed by atoms with van der Waals surface area (Å²) >= 11 is 0. The summed E-state index contributed by atoms with van der Waals surface area (Å²) in [6.45, 7) is 3.07. The summed E-state index contributed by atoms with van der Waals surface area (Å²) in [6.07, 6.45) is 1.43. The lowest BCUT2D eigenvalue weighted by molar-refractivity contribution is 0.0359. The minimum atomic E-state index is -0.714. The standard InChI is InChI=1S/C10H19N3O4/c11-13-12-5-9(14)6-15-3-1-2-4-16-7-10-8-17-10/h9-10,14H,1-8H2. The molecule has 2 atom stereocenters. The molecule has 17 heavy (non-hydrogen) atoms. The molecule has 1 aliphatic rings.